The first-order chi connectivity index (χ1) is 8.81. The van der Waals surface area contributed by atoms with Gasteiger partial charge in [-0.3, -0.25) is 4.68 Å². The topological polar surface area (TPSA) is 29.9 Å². The molecule has 1 N–H and O–H groups in total. The van der Waals surface area contributed by atoms with E-state index in [9.17, 15) is 0 Å². The lowest BCUT2D eigenvalue weighted by Crippen LogP contribution is -2.21. The SMILES string of the molecule is CCNC(CCc1ccnn1C)c1ccccc1. The minimum Gasteiger partial charge on any atom is -0.310 e. The Balaban J connectivity index is 2.01. The Bertz CT molecular complexity index is 462. The van der Waals surface area contributed by atoms with Crippen molar-refractivity contribution in [3.05, 3.63) is 53.9 Å². The highest BCUT2D eigenvalue weighted by Gasteiger charge is 2.10. The molecule has 0 bridgehead atoms. The van der Waals surface area contributed by atoms with Crippen LogP contribution in [0.1, 0.15) is 30.6 Å². The van der Waals surface area contributed by atoms with Gasteiger partial charge in [-0.2, -0.15) is 5.10 Å². The number of aryl methyl sites for hydroxylation is 2. The third kappa shape index (κ3) is 3.20. The molecular formula is C15H21N3. The maximum atomic E-state index is 4.21. The fraction of sp³-hybridized carbons (Fsp3) is 0.400. The molecule has 0 spiro atoms. The number of hydrogen-bond acceptors (Lipinski definition) is 2. The second kappa shape index (κ2) is 6.36. The molecule has 0 saturated heterocycles. The van der Waals surface area contributed by atoms with E-state index < -0.39 is 0 Å². The zero-order chi connectivity index (χ0) is 12.8. The van der Waals surface area contributed by atoms with Crippen LogP contribution < -0.4 is 5.32 Å². The summed E-state index contributed by atoms with van der Waals surface area (Å²) in [4.78, 5) is 0. The summed E-state index contributed by atoms with van der Waals surface area (Å²) < 4.78 is 1.95. The molecule has 0 aliphatic heterocycles. The Labute approximate surface area is 109 Å². The van der Waals surface area contributed by atoms with Crippen molar-refractivity contribution in [2.75, 3.05) is 6.54 Å². The summed E-state index contributed by atoms with van der Waals surface area (Å²) >= 11 is 0. The normalized spacial score (nSPS) is 12.6. The van der Waals surface area contributed by atoms with E-state index in [-0.39, 0.29) is 0 Å². The van der Waals surface area contributed by atoms with Gasteiger partial charge in [-0.25, -0.2) is 0 Å². The average molecular weight is 243 g/mol. The van der Waals surface area contributed by atoms with Crippen molar-refractivity contribution < 1.29 is 0 Å². The van der Waals surface area contributed by atoms with Crippen LogP contribution in [0.25, 0.3) is 0 Å². The molecule has 1 atom stereocenters. The molecule has 0 saturated carbocycles. The second-order valence-electron chi connectivity index (χ2n) is 4.51. The van der Waals surface area contributed by atoms with Gasteiger partial charge in [0.05, 0.1) is 0 Å². The van der Waals surface area contributed by atoms with E-state index in [0.29, 0.717) is 6.04 Å². The molecule has 0 aliphatic carbocycles. The molecule has 2 rings (SSSR count). The number of hydrogen-bond donors (Lipinski definition) is 1. The van der Waals surface area contributed by atoms with Crippen LogP contribution in [0.4, 0.5) is 0 Å². The molecule has 0 aliphatic rings. The van der Waals surface area contributed by atoms with Gasteiger partial charge in [0, 0.05) is 25.0 Å². The van der Waals surface area contributed by atoms with Crippen LogP contribution in [-0.4, -0.2) is 16.3 Å². The Morgan fingerprint density at radius 1 is 1.22 bits per heavy atom. The van der Waals surface area contributed by atoms with Gasteiger partial charge in [-0.1, -0.05) is 37.3 Å². The van der Waals surface area contributed by atoms with E-state index in [1.807, 2.05) is 17.9 Å². The van der Waals surface area contributed by atoms with Gasteiger partial charge in [0.15, 0.2) is 0 Å². The summed E-state index contributed by atoms with van der Waals surface area (Å²) in [5, 5.41) is 7.76. The highest BCUT2D eigenvalue weighted by molar-refractivity contribution is 5.19. The van der Waals surface area contributed by atoms with Gasteiger partial charge in [0.2, 0.25) is 0 Å². The zero-order valence-electron chi connectivity index (χ0n) is 11.1. The summed E-state index contributed by atoms with van der Waals surface area (Å²) in [5.41, 5.74) is 2.65. The largest absolute Gasteiger partial charge is 0.310 e. The van der Waals surface area contributed by atoms with Crippen LogP contribution in [0.3, 0.4) is 0 Å². The van der Waals surface area contributed by atoms with E-state index in [2.05, 4.69) is 53.7 Å². The van der Waals surface area contributed by atoms with Crippen molar-refractivity contribution in [3.63, 3.8) is 0 Å². The van der Waals surface area contributed by atoms with Crippen molar-refractivity contribution in [1.82, 2.24) is 15.1 Å². The minimum atomic E-state index is 0.422. The first kappa shape index (κ1) is 12.8. The fourth-order valence-electron chi connectivity index (χ4n) is 2.26. The van der Waals surface area contributed by atoms with Crippen molar-refractivity contribution >= 4 is 0 Å². The standard InChI is InChI=1S/C15H21N3/c1-3-16-15(13-7-5-4-6-8-13)10-9-14-11-12-17-18(14)2/h4-8,11-12,15-16H,3,9-10H2,1-2H3. The molecule has 3 heteroatoms. The molecule has 0 amide bonds. The maximum absolute atomic E-state index is 4.21. The molecule has 96 valence electrons. The molecule has 3 nitrogen and oxygen atoms in total. The Morgan fingerprint density at radius 3 is 2.61 bits per heavy atom. The summed E-state index contributed by atoms with van der Waals surface area (Å²) in [6, 6.07) is 13.2. The van der Waals surface area contributed by atoms with Gasteiger partial charge in [-0.05, 0) is 31.0 Å². The first-order valence-corrected chi connectivity index (χ1v) is 6.56. The van der Waals surface area contributed by atoms with Gasteiger partial charge in [-0.15, -0.1) is 0 Å². The summed E-state index contributed by atoms with van der Waals surface area (Å²) in [7, 11) is 2.00. The fourth-order valence-corrected chi connectivity index (χ4v) is 2.26. The summed E-state index contributed by atoms with van der Waals surface area (Å²) in [5.74, 6) is 0. The van der Waals surface area contributed by atoms with E-state index >= 15 is 0 Å². The van der Waals surface area contributed by atoms with Crippen LogP contribution in [0, 0.1) is 0 Å². The van der Waals surface area contributed by atoms with Crippen LogP contribution in [0.15, 0.2) is 42.6 Å². The van der Waals surface area contributed by atoms with Crippen LogP contribution in [-0.2, 0) is 13.5 Å². The zero-order valence-corrected chi connectivity index (χ0v) is 11.1. The van der Waals surface area contributed by atoms with Gasteiger partial charge in [0.1, 0.15) is 0 Å². The van der Waals surface area contributed by atoms with Gasteiger partial charge < -0.3 is 5.32 Å². The maximum Gasteiger partial charge on any atom is 0.0492 e. The van der Waals surface area contributed by atoms with Crippen LogP contribution >= 0.6 is 0 Å². The summed E-state index contributed by atoms with van der Waals surface area (Å²) in [6.07, 6.45) is 4.00. The monoisotopic (exact) mass is 243 g/mol. The number of rotatable bonds is 6. The van der Waals surface area contributed by atoms with Crippen LogP contribution in [0.2, 0.25) is 0 Å². The molecule has 1 aromatic heterocycles. The Hall–Kier alpha value is -1.61. The first-order valence-electron chi connectivity index (χ1n) is 6.56. The lowest BCUT2D eigenvalue weighted by molar-refractivity contribution is 0.506. The molecule has 0 fully saturated rings. The number of aromatic nitrogens is 2. The molecule has 1 unspecified atom stereocenters. The molecule has 2 aromatic rings. The third-order valence-electron chi connectivity index (χ3n) is 3.26. The molecule has 0 radical (unpaired) electrons. The summed E-state index contributed by atoms with van der Waals surface area (Å²) in [6.45, 7) is 3.14. The minimum absolute atomic E-state index is 0.422. The average Bonchev–Trinajstić information content (AvgIpc) is 2.81. The quantitative estimate of drug-likeness (QED) is 0.845. The molecule has 1 heterocycles. The van der Waals surface area contributed by atoms with Crippen molar-refractivity contribution in [2.24, 2.45) is 7.05 Å². The van der Waals surface area contributed by atoms with E-state index in [0.717, 1.165) is 19.4 Å². The van der Waals surface area contributed by atoms with Crippen molar-refractivity contribution in [1.29, 1.82) is 0 Å². The number of nitrogens with one attached hydrogen (secondary N) is 1. The lowest BCUT2D eigenvalue weighted by Gasteiger charge is -2.18. The number of nitrogens with zero attached hydrogens (tertiary/aromatic N) is 2. The molecule has 1 aromatic carbocycles. The van der Waals surface area contributed by atoms with Crippen LogP contribution in [0.5, 0.6) is 0 Å². The van der Waals surface area contributed by atoms with E-state index in [1.165, 1.54) is 11.3 Å². The highest BCUT2D eigenvalue weighted by Crippen LogP contribution is 2.18. The molecule has 18 heavy (non-hydrogen) atoms. The predicted octanol–water partition coefficient (Wildman–Crippen LogP) is 2.70. The number of benzene rings is 1. The van der Waals surface area contributed by atoms with Gasteiger partial charge in [0.25, 0.3) is 0 Å². The Morgan fingerprint density at radius 2 is 2.00 bits per heavy atom. The van der Waals surface area contributed by atoms with E-state index in [4.69, 9.17) is 0 Å². The molecular weight excluding hydrogens is 222 g/mol. The van der Waals surface area contributed by atoms with Crippen molar-refractivity contribution in [2.45, 2.75) is 25.8 Å². The Kier molecular flexibility index (Phi) is 4.53. The third-order valence-corrected chi connectivity index (χ3v) is 3.26. The van der Waals surface area contributed by atoms with E-state index in [1.54, 1.807) is 0 Å². The van der Waals surface area contributed by atoms with Gasteiger partial charge >= 0.3 is 0 Å². The smallest absolute Gasteiger partial charge is 0.0492 e. The second-order valence-corrected chi connectivity index (χ2v) is 4.51. The lowest BCUT2D eigenvalue weighted by atomic mass is 10.0. The highest BCUT2D eigenvalue weighted by atomic mass is 15.2. The van der Waals surface area contributed by atoms with Crippen molar-refractivity contribution in [3.8, 4) is 0 Å². The predicted molar refractivity (Wildman–Crippen MR) is 74.4 cm³/mol.